The quantitative estimate of drug-likeness (QED) is 0.680. The molecule has 0 radical (unpaired) electrons. The molecule has 3 aromatic rings. The number of rotatable bonds is 4. The highest BCUT2D eigenvalue weighted by molar-refractivity contribution is 6.08. The number of ether oxygens (including phenoxy) is 2. The van der Waals surface area contributed by atoms with Crippen molar-refractivity contribution in [2.24, 2.45) is 0 Å². The van der Waals surface area contributed by atoms with Gasteiger partial charge in [-0.25, -0.2) is 4.79 Å². The number of hydrogen-bond acceptors (Lipinski definition) is 4. The van der Waals surface area contributed by atoms with Crippen molar-refractivity contribution < 1.29 is 18.7 Å². The summed E-state index contributed by atoms with van der Waals surface area (Å²) >= 11 is 0. The summed E-state index contributed by atoms with van der Waals surface area (Å²) in [7, 11) is 0. The molecule has 0 atom stereocenters. The van der Waals surface area contributed by atoms with Crippen LogP contribution in [-0.4, -0.2) is 19.2 Å². The van der Waals surface area contributed by atoms with Crippen molar-refractivity contribution in [2.75, 3.05) is 13.2 Å². The van der Waals surface area contributed by atoms with E-state index in [1.54, 1.807) is 6.92 Å². The molecule has 4 nitrogen and oxygen atoms in total. The molecule has 0 unspecified atom stereocenters. The second kappa shape index (κ2) is 5.25. The van der Waals surface area contributed by atoms with Crippen LogP contribution < -0.4 is 4.74 Å². The fourth-order valence-corrected chi connectivity index (χ4v) is 2.20. The molecule has 3 rings (SSSR count). The fraction of sp³-hybridized carbons (Fsp3) is 0.188. The molecular formula is C16H14O4. The Kier molecular flexibility index (Phi) is 3.29. The molecule has 4 heteroatoms. The lowest BCUT2D eigenvalue weighted by Gasteiger charge is -2.06. The Bertz CT molecular complexity index is 757. The van der Waals surface area contributed by atoms with Crippen LogP contribution in [0.4, 0.5) is 0 Å². The molecule has 0 fully saturated rings. The van der Waals surface area contributed by atoms with Gasteiger partial charge in [0.1, 0.15) is 16.9 Å². The van der Waals surface area contributed by atoms with E-state index in [4.69, 9.17) is 13.9 Å². The third-order valence-corrected chi connectivity index (χ3v) is 3.02. The van der Waals surface area contributed by atoms with Gasteiger partial charge in [0.15, 0.2) is 6.61 Å². The Labute approximate surface area is 115 Å². The lowest BCUT2D eigenvalue weighted by molar-refractivity contribution is -0.145. The molecule has 0 N–H and O–H groups in total. The summed E-state index contributed by atoms with van der Waals surface area (Å²) in [6.07, 6.45) is 0. The van der Waals surface area contributed by atoms with Gasteiger partial charge in [0.2, 0.25) is 0 Å². The topological polar surface area (TPSA) is 48.7 Å². The van der Waals surface area contributed by atoms with Gasteiger partial charge in [-0.2, -0.15) is 0 Å². The first kappa shape index (κ1) is 12.5. The number of fused-ring (bicyclic) bond motifs is 3. The standard InChI is InChI=1S/C16H14O4/c1-2-18-15(17)10-19-13-8-5-9-14-16(13)11-6-3-4-7-12(11)20-14/h3-9H,2,10H2,1H3. The maximum Gasteiger partial charge on any atom is 0.344 e. The van der Waals surface area contributed by atoms with Crippen LogP contribution in [0.3, 0.4) is 0 Å². The van der Waals surface area contributed by atoms with Gasteiger partial charge in [-0.15, -0.1) is 0 Å². The van der Waals surface area contributed by atoms with Crippen molar-refractivity contribution in [3.05, 3.63) is 42.5 Å². The molecule has 0 aliphatic carbocycles. The Balaban J connectivity index is 2.00. The van der Waals surface area contributed by atoms with Crippen molar-refractivity contribution in [1.29, 1.82) is 0 Å². The van der Waals surface area contributed by atoms with Gasteiger partial charge in [-0.05, 0) is 25.1 Å². The molecule has 0 bridgehead atoms. The number of esters is 1. The third-order valence-electron chi connectivity index (χ3n) is 3.02. The first-order valence-electron chi connectivity index (χ1n) is 6.48. The lowest BCUT2D eigenvalue weighted by atomic mass is 10.1. The van der Waals surface area contributed by atoms with Crippen molar-refractivity contribution in [1.82, 2.24) is 0 Å². The van der Waals surface area contributed by atoms with E-state index in [2.05, 4.69) is 0 Å². The molecule has 102 valence electrons. The molecule has 0 saturated heterocycles. The van der Waals surface area contributed by atoms with Crippen molar-refractivity contribution >= 4 is 27.9 Å². The minimum Gasteiger partial charge on any atom is -0.481 e. The van der Waals surface area contributed by atoms with Crippen LogP contribution in [0.2, 0.25) is 0 Å². The first-order valence-corrected chi connectivity index (χ1v) is 6.48. The van der Waals surface area contributed by atoms with Gasteiger partial charge < -0.3 is 13.9 Å². The van der Waals surface area contributed by atoms with Crippen LogP contribution in [0.25, 0.3) is 21.9 Å². The van der Waals surface area contributed by atoms with E-state index in [9.17, 15) is 4.79 Å². The zero-order valence-corrected chi connectivity index (χ0v) is 11.1. The van der Waals surface area contributed by atoms with E-state index in [0.717, 1.165) is 21.9 Å². The van der Waals surface area contributed by atoms with E-state index in [1.165, 1.54) is 0 Å². The lowest BCUT2D eigenvalue weighted by Crippen LogP contribution is -2.14. The minimum absolute atomic E-state index is 0.105. The molecule has 0 saturated carbocycles. The van der Waals surface area contributed by atoms with E-state index in [1.807, 2.05) is 42.5 Å². The molecule has 2 aromatic carbocycles. The summed E-state index contributed by atoms with van der Waals surface area (Å²) in [6.45, 7) is 2.01. The molecule has 0 amide bonds. The van der Waals surface area contributed by atoms with E-state index in [0.29, 0.717) is 12.4 Å². The molecule has 0 aliphatic rings. The van der Waals surface area contributed by atoms with E-state index in [-0.39, 0.29) is 12.6 Å². The monoisotopic (exact) mass is 270 g/mol. The van der Waals surface area contributed by atoms with Crippen LogP contribution in [0, 0.1) is 0 Å². The second-order valence-corrected chi connectivity index (χ2v) is 4.32. The summed E-state index contributed by atoms with van der Waals surface area (Å²) in [5, 5.41) is 1.86. The smallest absolute Gasteiger partial charge is 0.344 e. The summed E-state index contributed by atoms with van der Waals surface area (Å²) in [5.41, 5.74) is 1.54. The number of carbonyl (C=O) groups is 1. The normalized spacial score (nSPS) is 10.8. The first-order chi connectivity index (χ1) is 9.79. The maximum atomic E-state index is 11.4. The predicted octanol–water partition coefficient (Wildman–Crippen LogP) is 3.53. The fourth-order valence-electron chi connectivity index (χ4n) is 2.20. The van der Waals surface area contributed by atoms with E-state index < -0.39 is 0 Å². The Morgan fingerprint density at radius 2 is 1.90 bits per heavy atom. The number of carbonyl (C=O) groups excluding carboxylic acids is 1. The van der Waals surface area contributed by atoms with E-state index >= 15 is 0 Å². The molecule has 1 aromatic heterocycles. The van der Waals surface area contributed by atoms with Gasteiger partial charge >= 0.3 is 5.97 Å². The van der Waals surface area contributed by atoms with Gasteiger partial charge in [-0.1, -0.05) is 24.3 Å². The average Bonchev–Trinajstić information content (AvgIpc) is 2.84. The number of benzene rings is 2. The zero-order chi connectivity index (χ0) is 13.9. The summed E-state index contributed by atoms with van der Waals surface area (Å²) < 4.78 is 16.2. The van der Waals surface area contributed by atoms with Gasteiger partial charge in [0.05, 0.1) is 12.0 Å². The van der Waals surface area contributed by atoms with Crippen LogP contribution in [-0.2, 0) is 9.53 Å². The van der Waals surface area contributed by atoms with Crippen LogP contribution in [0.1, 0.15) is 6.92 Å². The molecule has 0 aliphatic heterocycles. The highest BCUT2D eigenvalue weighted by Crippen LogP contribution is 2.35. The molecule has 0 spiro atoms. The Hall–Kier alpha value is -2.49. The summed E-state index contributed by atoms with van der Waals surface area (Å²) in [5.74, 6) is 0.248. The van der Waals surface area contributed by atoms with Crippen LogP contribution in [0.15, 0.2) is 46.9 Å². The number of furan rings is 1. The van der Waals surface area contributed by atoms with Gasteiger partial charge in [0, 0.05) is 5.39 Å². The predicted molar refractivity (Wildman–Crippen MR) is 75.8 cm³/mol. The molecule has 20 heavy (non-hydrogen) atoms. The maximum absolute atomic E-state index is 11.4. The van der Waals surface area contributed by atoms with Crippen LogP contribution in [0.5, 0.6) is 5.75 Å². The van der Waals surface area contributed by atoms with Gasteiger partial charge in [-0.3, -0.25) is 0 Å². The minimum atomic E-state index is -0.377. The highest BCUT2D eigenvalue weighted by atomic mass is 16.6. The Morgan fingerprint density at radius 3 is 2.75 bits per heavy atom. The van der Waals surface area contributed by atoms with Crippen molar-refractivity contribution in [3.8, 4) is 5.75 Å². The third kappa shape index (κ3) is 2.20. The largest absolute Gasteiger partial charge is 0.481 e. The average molecular weight is 270 g/mol. The zero-order valence-electron chi connectivity index (χ0n) is 11.1. The van der Waals surface area contributed by atoms with Crippen molar-refractivity contribution in [2.45, 2.75) is 6.92 Å². The van der Waals surface area contributed by atoms with Crippen LogP contribution >= 0.6 is 0 Å². The SMILES string of the molecule is CCOC(=O)COc1cccc2oc3ccccc3c12. The number of hydrogen-bond donors (Lipinski definition) is 0. The van der Waals surface area contributed by atoms with Crippen molar-refractivity contribution in [3.63, 3.8) is 0 Å². The molecule has 1 heterocycles. The second-order valence-electron chi connectivity index (χ2n) is 4.32. The highest BCUT2D eigenvalue weighted by Gasteiger charge is 2.12. The summed E-state index contributed by atoms with van der Waals surface area (Å²) in [4.78, 5) is 11.4. The summed E-state index contributed by atoms with van der Waals surface area (Å²) in [6, 6.07) is 13.3. The van der Waals surface area contributed by atoms with Gasteiger partial charge in [0.25, 0.3) is 0 Å². The Morgan fingerprint density at radius 1 is 1.10 bits per heavy atom. The number of para-hydroxylation sites is 1. The molecular weight excluding hydrogens is 256 g/mol.